The summed E-state index contributed by atoms with van der Waals surface area (Å²) in [7, 11) is 3.14. The van der Waals surface area contributed by atoms with Crippen molar-refractivity contribution in [2.45, 2.75) is 0 Å². The van der Waals surface area contributed by atoms with Gasteiger partial charge in [-0.25, -0.2) is 9.37 Å². The van der Waals surface area contributed by atoms with E-state index in [1.54, 1.807) is 26.4 Å². The van der Waals surface area contributed by atoms with Crippen LogP contribution in [0.2, 0.25) is 5.02 Å². The molecule has 3 aromatic rings. The van der Waals surface area contributed by atoms with Gasteiger partial charge in [0.15, 0.2) is 16.6 Å². The number of nitrogens with zero attached hydrogens (tertiary/aromatic N) is 1. The van der Waals surface area contributed by atoms with Gasteiger partial charge in [-0.3, -0.25) is 10.1 Å². The molecule has 1 amide bonds. The molecule has 1 heterocycles. The molecule has 0 aliphatic heterocycles. The Balaban J connectivity index is 1.69. The van der Waals surface area contributed by atoms with Gasteiger partial charge < -0.3 is 9.47 Å². The van der Waals surface area contributed by atoms with E-state index in [0.717, 1.165) is 5.56 Å². The van der Waals surface area contributed by atoms with Gasteiger partial charge in [0.1, 0.15) is 5.82 Å². The van der Waals surface area contributed by atoms with E-state index in [1.807, 2.05) is 17.5 Å². The molecule has 5 nitrogen and oxygen atoms in total. The second kappa shape index (κ2) is 8.86. The first-order chi connectivity index (χ1) is 13.5. The number of hydrogen-bond acceptors (Lipinski definition) is 5. The number of carbonyl (C=O) groups excluding carboxylic acids is 1. The topological polar surface area (TPSA) is 60.5 Å². The number of methoxy groups -OCH3 is 2. The fourth-order valence-electron chi connectivity index (χ4n) is 2.39. The number of anilines is 1. The highest BCUT2D eigenvalue weighted by Crippen LogP contribution is 2.33. The summed E-state index contributed by atoms with van der Waals surface area (Å²) in [5, 5.41) is 4.99. The van der Waals surface area contributed by atoms with E-state index in [2.05, 4.69) is 10.3 Å². The van der Waals surface area contributed by atoms with Crippen LogP contribution < -0.4 is 14.8 Å². The number of amides is 1. The van der Waals surface area contributed by atoms with Crippen LogP contribution in [0.3, 0.4) is 0 Å². The van der Waals surface area contributed by atoms with Crippen molar-refractivity contribution in [2.75, 3.05) is 19.5 Å². The first-order valence-corrected chi connectivity index (χ1v) is 9.38. The lowest BCUT2D eigenvalue weighted by atomic mass is 10.1. The van der Waals surface area contributed by atoms with Gasteiger partial charge >= 0.3 is 0 Å². The van der Waals surface area contributed by atoms with E-state index >= 15 is 0 Å². The predicted octanol–water partition coefficient (Wildman–Crippen LogP) is 5.27. The number of nitrogens with one attached hydrogen (secondary N) is 1. The number of ether oxygens (including phenoxy) is 2. The van der Waals surface area contributed by atoms with Gasteiger partial charge in [0.2, 0.25) is 5.91 Å². The average molecular weight is 419 g/mol. The molecular weight excluding hydrogens is 403 g/mol. The van der Waals surface area contributed by atoms with Crippen molar-refractivity contribution >= 4 is 40.1 Å². The van der Waals surface area contributed by atoms with Crippen LogP contribution in [0.5, 0.6) is 11.5 Å². The molecule has 2 aromatic carbocycles. The highest BCUT2D eigenvalue weighted by molar-refractivity contribution is 7.14. The Morgan fingerprint density at radius 3 is 2.68 bits per heavy atom. The molecule has 0 radical (unpaired) electrons. The smallest absolute Gasteiger partial charge is 0.250 e. The Labute approximate surface area is 170 Å². The maximum absolute atomic E-state index is 13.2. The zero-order valence-electron chi connectivity index (χ0n) is 15.0. The average Bonchev–Trinajstić information content (AvgIpc) is 3.16. The third-order valence-electron chi connectivity index (χ3n) is 3.78. The van der Waals surface area contributed by atoms with Crippen LogP contribution in [0.4, 0.5) is 9.52 Å². The summed E-state index contributed by atoms with van der Waals surface area (Å²) in [6.07, 6.45) is 2.88. The van der Waals surface area contributed by atoms with E-state index < -0.39 is 5.82 Å². The summed E-state index contributed by atoms with van der Waals surface area (Å²) in [5.41, 5.74) is 2.16. The van der Waals surface area contributed by atoms with Gasteiger partial charge in [0.05, 0.1) is 24.9 Å². The molecule has 0 saturated heterocycles. The second-order valence-electron chi connectivity index (χ2n) is 5.60. The molecule has 144 valence electrons. The fourth-order valence-corrected chi connectivity index (χ4v) is 3.31. The third kappa shape index (κ3) is 4.68. The number of halogens is 2. The molecule has 0 saturated carbocycles. The lowest BCUT2D eigenvalue weighted by Crippen LogP contribution is -2.07. The van der Waals surface area contributed by atoms with Crippen molar-refractivity contribution in [2.24, 2.45) is 0 Å². The van der Waals surface area contributed by atoms with Gasteiger partial charge in [-0.15, -0.1) is 11.3 Å². The number of rotatable bonds is 6. The Morgan fingerprint density at radius 2 is 1.96 bits per heavy atom. The Bertz CT molecular complexity index is 1040. The summed E-state index contributed by atoms with van der Waals surface area (Å²) in [4.78, 5) is 16.5. The van der Waals surface area contributed by atoms with Gasteiger partial charge in [-0.2, -0.15) is 0 Å². The number of thiazole rings is 1. The molecule has 0 atom stereocenters. The van der Waals surface area contributed by atoms with Crippen LogP contribution in [0, 0.1) is 5.82 Å². The summed E-state index contributed by atoms with van der Waals surface area (Å²) >= 11 is 7.03. The van der Waals surface area contributed by atoms with Crippen LogP contribution in [0.25, 0.3) is 17.3 Å². The largest absolute Gasteiger partial charge is 0.493 e. The first-order valence-electron chi connectivity index (χ1n) is 8.12. The molecule has 0 aliphatic rings. The van der Waals surface area contributed by atoms with Crippen LogP contribution in [-0.4, -0.2) is 25.1 Å². The second-order valence-corrected chi connectivity index (χ2v) is 6.87. The normalized spacial score (nSPS) is 10.9. The maximum atomic E-state index is 13.2. The van der Waals surface area contributed by atoms with Crippen molar-refractivity contribution in [1.29, 1.82) is 0 Å². The minimum atomic E-state index is -0.506. The molecule has 0 bridgehead atoms. The maximum Gasteiger partial charge on any atom is 0.250 e. The molecule has 28 heavy (non-hydrogen) atoms. The number of carbonyl (C=O) groups is 1. The zero-order chi connectivity index (χ0) is 20.1. The Morgan fingerprint density at radius 1 is 1.18 bits per heavy atom. The van der Waals surface area contributed by atoms with Crippen LogP contribution in [0.15, 0.2) is 47.9 Å². The van der Waals surface area contributed by atoms with Gasteiger partial charge in [0, 0.05) is 17.0 Å². The lowest BCUT2D eigenvalue weighted by Gasteiger charge is -2.08. The van der Waals surface area contributed by atoms with Gasteiger partial charge in [0.25, 0.3) is 0 Å². The summed E-state index contributed by atoms with van der Waals surface area (Å²) in [6, 6.07) is 9.69. The molecule has 3 rings (SSSR count). The van der Waals surface area contributed by atoms with Crippen LogP contribution in [0.1, 0.15) is 5.56 Å². The monoisotopic (exact) mass is 418 g/mol. The van der Waals surface area contributed by atoms with Crippen molar-refractivity contribution in [3.8, 4) is 22.8 Å². The van der Waals surface area contributed by atoms with Crippen LogP contribution in [-0.2, 0) is 4.79 Å². The molecule has 0 unspecified atom stereocenters. The van der Waals surface area contributed by atoms with Crippen LogP contribution >= 0.6 is 22.9 Å². The number of hydrogen-bond donors (Lipinski definition) is 1. The first kappa shape index (κ1) is 19.9. The van der Waals surface area contributed by atoms with Crippen molar-refractivity contribution in [3.63, 3.8) is 0 Å². The van der Waals surface area contributed by atoms with Gasteiger partial charge in [-0.05, 0) is 42.0 Å². The third-order valence-corrected chi connectivity index (χ3v) is 4.83. The molecule has 8 heteroatoms. The van der Waals surface area contributed by atoms with E-state index in [4.69, 9.17) is 21.1 Å². The van der Waals surface area contributed by atoms with E-state index in [1.165, 1.54) is 35.6 Å². The van der Waals surface area contributed by atoms with Crippen molar-refractivity contribution in [3.05, 3.63) is 64.3 Å². The molecular formula is C20H16ClFN2O3S. The number of benzene rings is 2. The van der Waals surface area contributed by atoms with Gasteiger partial charge in [-0.1, -0.05) is 17.7 Å². The van der Waals surface area contributed by atoms with Crippen molar-refractivity contribution in [1.82, 2.24) is 4.98 Å². The summed E-state index contributed by atoms with van der Waals surface area (Å²) in [5.74, 6) is 0.364. The predicted molar refractivity (Wildman–Crippen MR) is 110 cm³/mol. The summed E-state index contributed by atoms with van der Waals surface area (Å²) < 4.78 is 23.7. The molecule has 0 fully saturated rings. The Hall–Kier alpha value is -2.90. The minimum Gasteiger partial charge on any atom is -0.493 e. The molecule has 0 spiro atoms. The quantitative estimate of drug-likeness (QED) is 0.554. The standard InChI is InChI=1S/C20H16ClFN2O3S/c1-26-17-7-5-13(10-18(17)27-2)16-11-28-20(23-16)24-19(25)8-4-12-3-6-15(22)14(21)9-12/h3-11H,1-2H3,(H,23,24,25)/b8-4+. The molecule has 0 aliphatic carbocycles. The number of aromatic nitrogens is 1. The Kier molecular flexibility index (Phi) is 6.28. The highest BCUT2D eigenvalue weighted by Gasteiger charge is 2.10. The lowest BCUT2D eigenvalue weighted by molar-refractivity contribution is -0.111. The SMILES string of the molecule is COc1ccc(-c2csc(NC(=O)/C=C/c3ccc(F)c(Cl)c3)n2)cc1OC. The fraction of sp³-hybridized carbons (Fsp3) is 0.100. The minimum absolute atomic E-state index is 0.00189. The van der Waals surface area contributed by atoms with E-state index in [0.29, 0.717) is 27.9 Å². The van der Waals surface area contributed by atoms with E-state index in [-0.39, 0.29) is 10.9 Å². The molecule has 1 aromatic heterocycles. The van der Waals surface area contributed by atoms with E-state index in [9.17, 15) is 9.18 Å². The summed E-state index contributed by atoms with van der Waals surface area (Å²) in [6.45, 7) is 0. The molecule has 1 N–H and O–H groups in total. The zero-order valence-corrected chi connectivity index (χ0v) is 16.6. The van der Waals surface area contributed by atoms with Crippen molar-refractivity contribution < 1.29 is 18.7 Å². The highest BCUT2D eigenvalue weighted by atomic mass is 35.5.